The SMILES string of the molecule is Cc1c(SCCO)c(=O)on1C. The molecule has 0 saturated heterocycles. The number of aryl methyl sites for hydroxylation is 1. The van der Waals surface area contributed by atoms with Crippen molar-refractivity contribution in [3.63, 3.8) is 0 Å². The van der Waals surface area contributed by atoms with Gasteiger partial charge in [0.05, 0.1) is 12.3 Å². The van der Waals surface area contributed by atoms with Crippen LogP contribution in [-0.2, 0) is 7.05 Å². The van der Waals surface area contributed by atoms with Crippen molar-refractivity contribution in [2.75, 3.05) is 12.4 Å². The predicted molar refractivity (Wildman–Crippen MR) is 46.5 cm³/mol. The standard InChI is InChI=1S/C7H11NO3S/c1-5-6(12-4-3-9)7(10)11-8(5)2/h9H,3-4H2,1-2H3. The van der Waals surface area contributed by atoms with E-state index in [-0.39, 0.29) is 12.2 Å². The Morgan fingerprint density at radius 3 is 2.75 bits per heavy atom. The van der Waals surface area contributed by atoms with E-state index in [0.717, 1.165) is 5.69 Å². The zero-order valence-corrected chi connectivity index (χ0v) is 7.85. The molecule has 5 heteroatoms. The van der Waals surface area contributed by atoms with E-state index in [9.17, 15) is 4.79 Å². The highest BCUT2D eigenvalue weighted by Crippen LogP contribution is 2.17. The minimum Gasteiger partial charge on any atom is -0.396 e. The Morgan fingerprint density at radius 1 is 1.67 bits per heavy atom. The summed E-state index contributed by atoms with van der Waals surface area (Å²) in [6.45, 7) is 1.88. The number of rotatable bonds is 3. The van der Waals surface area contributed by atoms with Gasteiger partial charge in [0.25, 0.3) is 0 Å². The highest BCUT2D eigenvalue weighted by Gasteiger charge is 2.10. The minimum absolute atomic E-state index is 0.0679. The Labute approximate surface area is 74.1 Å². The van der Waals surface area contributed by atoms with Gasteiger partial charge in [0.15, 0.2) is 0 Å². The molecule has 4 nitrogen and oxygen atoms in total. The summed E-state index contributed by atoms with van der Waals surface area (Å²) in [4.78, 5) is 11.7. The molecule has 0 atom stereocenters. The molecule has 68 valence electrons. The van der Waals surface area contributed by atoms with E-state index in [1.165, 1.54) is 16.5 Å². The Morgan fingerprint density at radius 2 is 2.33 bits per heavy atom. The van der Waals surface area contributed by atoms with Gasteiger partial charge < -0.3 is 9.63 Å². The van der Waals surface area contributed by atoms with E-state index < -0.39 is 0 Å². The van der Waals surface area contributed by atoms with Gasteiger partial charge in [-0.2, -0.15) is 0 Å². The van der Waals surface area contributed by atoms with Crippen LogP contribution in [-0.4, -0.2) is 22.2 Å². The van der Waals surface area contributed by atoms with Crippen LogP contribution >= 0.6 is 11.8 Å². The van der Waals surface area contributed by atoms with Gasteiger partial charge in [-0.15, -0.1) is 11.8 Å². The number of nitrogens with zero attached hydrogens (tertiary/aromatic N) is 1. The lowest BCUT2D eigenvalue weighted by Crippen LogP contribution is -1.97. The third kappa shape index (κ3) is 1.73. The first-order valence-electron chi connectivity index (χ1n) is 3.57. The maximum atomic E-state index is 11.1. The highest BCUT2D eigenvalue weighted by molar-refractivity contribution is 7.99. The summed E-state index contributed by atoms with van der Waals surface area (Å²) in [5.41, 5.74) is 0.479. The van der Waals surface area contributed by atoms with Crippen molar-refractivity contribution in [3.05, 3.63) is 16.1 Å². The normalized spacial score (nSPS) is 10.6. The van der Waals surface area contributed by atoms with Gasteiger partial charge >= 0.3 is 5.63 Å². The first kappa shape index (κ1) is 9.41. The molecule has 0 fully saturated rings. The molecule has 1 heterocycles. The average Bonchev–Trinajstić information content (AvgIpc) is 2.25. The lowest BCUT2D eigenvalue weighted by molar-refractivity contribution is 0.279. The molecule has 0 aliphatic heterocycles. The number of hydrogen-bond donors (Lipinski definition) is 1. The second kappa shape index (κ2) is 3.82. The van der Waals surface area contributed by atoms with E-state index in [4.69, 9.17) is 9.63 Å². The predicted octanol–water partition coefficient (Wildman–Crippen LogP) is 0.371. The van der Waals surface area contributed by atoms with Crippen molar-refractivity contribution in [2.45, 2.75) is 11.8 Å². The fourth-order valence-electron chi connectivity index (χ4n) is 0.836. The summed E-state index contributed by atoms with van der Waals surface area (Å²) in [6.07, 6.45) is 0. The largest absolute Gasteiger partial charge is 0.396 e. The molecule has 12 heavy (non-hydrogen) atoms. The molecule has 0 aliphatic carbocycles. The van der Waals surface area contributed by atoms with E-state index in [1.54, 1.807) is 7.05 Å². The topological polar surface area (TPSA) is 55.4 Å². The summed E-state index contributed by atoms with van der Waals surface area (Å²) in [5.74, 6) is 0.523. The number of aromatic nitrogens is 1. The zero-order chi connectivity index (χ0) is 9.14. The van der Waals surface area contributed by atoms with Crippen LogP contribution in [0.1, 0.15) is 5.69 Å². The van der Waals surface area contributed by atoms with Crippen LogP contribution in [0.4, 0.5) is 0 Å². The Balaban J connectivity index is 2.90. The Bertz CT molecular complexity index is 315. The molecule has 1 rings (SSSR count). The van der Waals surface area contributed by atoms with Crippen LogP contribution in [0.25, 0.3) is 0 Å². The molecule has 1 aromatic rings. The van der Waals surface area contributed by atoms with E-state index in [0.29, 0.717) is 10.6 Å². The lowest BCUT2D eigenvalue weighted by Gasteiger charge is -1.94. The highest BCUT2D eigenvalue weighted by atomic mass is 32.2. The van der Waals surface area contributed by atoms with Crippen LogP contribution in [0.2, 0.25) is 0 Å². The Hall–Kier alpha value is -0.680. The molecule has 1 aromatic heterocycles. The third-order valence-electron chi connectivity index (χ3n) is 1.54. The van der Waals surface area contributed by atoms with Gasteiger partial charge in [0, 0.05) is 12.8 Å². The van der Waals surface area contributed by atoms with E-state index >= 15 is 0 Å². The molecule has 0 saturated carbocycles. The molecular formula is C7H11NO3S. The average molecular weight is 189 g/mol. The summed E-state index contributed by atoms with van der Waals surface area (Å²) < 4.78 is 6.23. The summed E-state index contributed by atoms with van der Waals surface area (Å²) in [6, 6.07) is 0. The lowest BCUT2D eigenvalue weighted by atomic mass is 10.5. The van der Waals surface area contributed by atoms with Crippen LogP contribution in [0.3, 0.4) is 0 Å². The van der Waals surface area contributed by atoms with Crippen molar-refractivity contribution < 1.29 is 9.63 Å². The molecule has 0 aromatic carbocycles. The summed E-state index contributed by atoms with van der Waals surface area (Å²) in [5, 5.41) is 8.56. The molecule has 0 amide bonds. The molecule has 1 N–H and O–H groups in total. The molecule has 0 unspecified atom stereocenters. The van der Waals surface area contributed by atoms with Crippen LogP contribution in [0, 0.1) is 6.92 Å². The first-order valence-corrected chi connectivity index (χ1v) is 4.56. The van der Waals surface area contributed by atoms with Crippen molar-refractivity contribution in [2.24, 2.45) is 7.05 Å². The smallest absolute Gasteiger partial charge is 0.371 e. The van der Waals surface area contributed by atoms with Gasteiger partial charge in [-0.25, -0.2) is 9.53 Å². The summed E-state index contributed by atoms with van der Waals surface area (Å²) >= 11 is 1.32. The number of aliphatic hydroxyl groups excluding tert-OH is 1. The van der Waals surface area contributed by atoms with Crippen molar-refractivity contribution in [1.29, 1.82) is 0 Å². The maximum Gasteiger partial charge on any atom is 0.371 e. The summed E-state index contributed by atoms with van der Waals surface area (Å²) in [7, 11) is 1.68. The van der Waals surface area contributed by atoms with Crippen LogP contribution in [0.15, 0.2) is 14.2 Å². The quantitative estimate of drug-likeness (QED) is 0.698. The number of hydrogen-bond acceptors (Lipinski definition) is 4. The maximum absolute atomic E-state index is 11.1. The number of thioether (sulfide) groups is 1. The number of aliphatic hydroxyl groups is 1. The van der Waals surface area contributed by atoms with E-state index in [1.807, 2.05) is 6.92 Å². The van der Waals surface area contributed by atoms with Gasteiger partial charge in [0.1, 0.15) is 4.90 Å². The Kier molecular flexibility index (Phi) is 2.99. The van der Waals surface area contributed by atoms with Crippen molar-refractivity contribution >= 4 is 11.8 Å². The fraction of sp³-hybridized carbons (Fsp3) is 0.571. The zero-order valence-electron chi connectivity index (χ0n) is 7.03. The molecule has 0 bridgehead atoms. The van der Waals surface area contributed by atoms with Gasteiger partial charge in [-0.05, 0) is 6.92 Å². The van der Waals surface area contributed by atoms with E-state index in [2.05, 4.69) is 0 Å². The van der Waals surface area contributed by atoms with Crippen molar-refractivity contribution in [1.82, 2.24) is 4.74 Å². The van der Waals surface area contributed by atoms with Crippen molar-refractivity contribution in [3.8, 4) is 0 Å². The monoisotopic (exact) mass is 189 g/mol. The van der Waals surface area contributed by atoms with Crippen LogP contribution < -0.4 is 5.63 Å². The molecule has 0 radical (unpaired) electrons. The van der Waals surface area contributed by atoms with Gasteiger partial charge in [0.2, 0.25) is 0 Å². The van der Waals surface area contributed by atoms with Crippen LogP contribution in [0.5, 0.6) is 0 Å². The van der Waals surface area contributed by atoms with Gasteiger partial charge in [-0.3, -0.25) is 0 Å². The molecular weight excluding hydrogens is 178 g/mol. The second-order valence-corrected chi connectivity index (χ2v) is 3.47. The third-order valence-corrected chi connectivity index (χ3v) is 2.68. The fourth-order valence-corrected chi connectivity index (χ4v) is 1.62. The minimum atomic E-state index is -0.326. The molecule has 0 aliphatic rings. The first-order chi connectivity index (χ1) is 5.66. The van der Waals surface area contributed by atoms with Gasteiger partial charge in [-0.1, -0.05) is 0 Å². The second-order valence-electron chi connectivity index (χ2n) is 2.36. The molecule has 0 spiro atoms.